The van der Waals surface area contributed by atoms with Gasteiger partial charge in [-0.2, -0.15) is 0 Å². The highest BCUT2D eigenvalue weighted by atomic mass is 16.5. The minimum atomic E-state index is -0.329. The highest BCUT2D eigenvalue weighted by Gasteiger charge is 2.09. The van der Waals surface area contributed by atoms with E-state index in [4.69, 9.17) is 4.74 Å². The molecular formula is C16H13NO2. The largest absolute Gasteiger partial charge is 0.462 e. The Hall–Kier alpha value is -2.42. The molecule has 3 rings (SSSR count). The van der Waals surface area contributed by atoms with Crippen LogP contribution in [-0.4, -0.2) is 17.6 Å². The van der Waals surface area contributed by atoms with Crippen LogP contribution in [0, 0.1) is 0 Å². The minimum absolute atomic E-state index is 0.329. The fourth-order valence-electron chi connectivity index (χ4n) is 2.20. The summed E-state index contributed by atoms with van der Waals surface area (Å²) in [6, 6.07) is 13.9. The molecule has 0 bridgehead atoms. The number of hydrogen-bond acceptors (Lipinski definition) is 3. The number of aromatic nitrogens is 1. The number of pyridine rings is 1. The molecule has 0 N–H and O–H groups in total. The van der Waals surface area contributed by atoms with Gasteiger partial charge < -0.3 is 4.74 Å². The Balaban J connectivity index is 2.20. The predicted molar refractivity (Wildman–Crippen MR) is 75.2 cm³/mol. The van der Waals surface area contributed by atoms with Crippen LogP contribution in [0.5, 0.6) is 0 Å². The lowest BCUT2D eigenvalue weighted by Crippen LogP contribution is -2.04. The average Bonchev–Trinajstić information content (AvgIpc) is 2.46. The van der Waals surface area contributed by atoms with E-state index in [1.807, 2.05) is 36.4 Å². The summed E-state index contributed by atoms with van der Waals surface area (Å²) in [5.41, 5.74) is 1.40. The van der Waals surface area contributed by atoms with E-state index in [9.17, 15) is 4.79 Å². The van der Waals surface area contributed by atoms with Gasteiger partial charge >= 0.3 is 5.97 Å². The SMILES string of the molecule is CCOC(=O)c1cnc2c(ccc3ccccc32)c1. The van der Waals surface area contributed by atoms with Crippen LogP contribution in [0.1, 0.15) is 17.3 Å². The van der Waals surface area contributed by atoms with E-state index in [1.165, 1.54) is 0 Å². The summed E-state index contributed by atoms with van der Waals surface area (Å²) in [6.07, 6.45) is 1.58. The quantitative estimate of drug-likeness (QED) is 0.516. The molecular weight excluding hydrogens is 238 g/mol. The van der Waals surface area contributed by atoms with Crippen LogP contribution in [0.4, 0.5) is 0 Å². The molecule has 0 aliphatic rings. The number of carbonyl (C=O) groups is 1. The van der Waals surface area contributed by atoms with Gasteiger partial charge in [-0.1, -0.05) is 36.4 Å². The van der Waals surface area contributed by atoms with Gasteiger partial charge in [0.25, 0.3) is 0 Å². The topological polar surface area (TPSA) is 39.2 Å². The van der Waals surface area contributed by atoms with Crippen LogP contribution in [0.15, 0.2) is 48.7 Å². The molecule has 0 amide bonds. The van der Waals surface area contributed by atoms with E-state index in [0.717, 1.165) is 21.7 Å². The number of nitrogens with zero attached hydrogens (tertiary/aromatic N) is 1. The van der Waals surface area contributed by atoms with Crippen molar-refractivity contribution in [1.29, 1.82) is 0 Å². The van der Waals surface area contributed by atoms with Gasteiger partial charge in [0.15, 0.2) is 0 Å². The van der Waals surface area contributed by atoms with Gasteiger partial charge in [0.1, 0.15) is 0 Å². The van der Waals surface area contributed by atoms with Crippen LogP contribution in [0.2, 0.25) is 0 Å². The molecule has 0 spiro atoms. The molecule has 1 aromatic heterocycles. The second-order valence-corrected chi connectivity index (χ2v) is 4.30. The molecule has 0 aliphatic heterocycles. The predicted octanol–water partition coefficient (Wildman–Crippen LogP) is 3.56. The lowest BCUT2D eigenvalue weighted by molar-refractivity contribution is 0.0526. The van der Waals surface area contributed by atoms with Crippen molar-refractivity contribution in [3.63, 3.8) is 0 Å². The fraction of sp³-hybridized carbons (Fsp3) is 0.125. The molecule has 94 valence electrons. The van der Waals surface area contributed by atoms with Crippen molar-refractivity contribution in [1.82, 2.24) is 4.98 Å². The van der Waals surface area contributed by atoms with Gasteiger partial charge in [-0.3, -0.25) is 4.98 Å². The van der Waals surface area contributed by atoms with Crippen molar-refractivity contribution >= 4 is 27.6 Å². The Morgan fingerprint density at radius 2 is 1.95 bits per heavy atom. The normalized spacial score (nSPS) is 10.8. The second-order valence-electron chi connectivity index (χ2n) is 4.30. The average molecular weight is 251 g/mol. The minimum Gasteiger partial charge on any atom is -0.462 e. The van der Waals surface area contributed by atoms with Crippen molar-refractivity contribution in [3.8, 4) is 0 Å². The first-order valence-electron chi connectivity index (χ1n) is 6.24. The van der Waals surface area contributed by atoms with Crippen molar-refractivity contribution in [2.75, 3.05) is 6.61 Å². The first kappa shape index (κ1) is 11.7. The van der Waals surface area contributed by atoms with E-state index in [0.29, 0.717) is 12.2 Å². The standard InChI is InChI=1S/C16H13NO2/c1-2-19-16(18)13-9-12-8-7-11-5-3-4-6-14(11)15(12)17-10-13/h3-10H,2H2,1H3. The first-order chi connectivity index (χ1) is 9.29. The second kappa shape index (κ2) is 4.69. The summed E-state index contributed by atoms with van der Waals surface area (Å²) in [7, 11) is 0. The molecule has 3 nitrogen and oxygen atoms in total. The van der Waals surface area contributed by atoms with E-state index in [-0.39, 0.29) is 5.97 Å². The number of ether oxygens (including phenoxy) is 1. The van der Waals surface area contributed by atoms with Crippen LogP contribution in [-0.2, 0) is 4.74 Å². The van der Waals surface area contributed by atoms with Crippen molar-refractivity contribution in [2.24, 2.45) is 0 Å². The molecule has 1 heterocycles. The molecule has 19 heavy (non-hydrogen) atoms. The summed E-state index contributed by atoms with van der Waals surface area (Å²) in [5, 5.41) is 3.19. The maximum atomic E-state index is 11.7. The molecule has 0 saturated carbocycles. The van der Waals surface area contributed by atoms with Crippen LogP contribution in [0.3, 0.4) is 0 Å². The highest BCUT2D eigenvalue weighted by Crippen LogP contribution is 2.24. The van der Waals surface area contributed by atoms with E-state index >= 15 is 0 Å². The fourth-order valence-corrected chi connectivity index (χ4v) is 2.20. The third-order valence-electron chi connectivity index (χ3n) is 3.09. The molecule has 0 saturated heterocycles. The summed E-state index contributed by atoms with van der Waals surface area (Å²) >= 11 is 0. The van der Waals surface area contributed by atoms with Crippen molar-refractivity contribution < 1.29 is 9.53 Å². The van der Waals surface area contributed by atoms with E-state index in [1.54, 1.807) is 13.1 Å². The lowest BCUT2D eigenvalue weighted by Gasteiger charge is -2.05. The molecule has 3 heteroatoms. The summed E-state index contributed by atoms with van der Waals surface area (Å²) in [5.74, 6) is -0.329. The molecule has 0 unspecified atom stereocenters. The van der Waals surface area contributed by atoms with Gasteiger partial charge in [-0.25, -0.2) is 4.79 Å². The Morgan fingerprint density at radius 3 is 2.79 bits per heavy atom. The zero-order chi connectivity index (χ0) is 13.2. The molecule has 0 atom stereocenters. The van der Waals surface area contributed by atoms with Crippen molar-refractivity contribution in [3.05, 3.63) is 54.2 Å². The molecule has 0 radical (unpaired) electrons. The number of benzene rings is 2. The molecule has 0 fully saturated rings. The number of hydrogen-bond donors (Lipinski definition) is 0. The van der Waals surface area contributed by atoms with E-state index < -0.39 is 0 Å². The third-order valence-corrected chi connectivity index (χ3v) is 3.09. The van der Waals surface area contributed by atoms with Gasteiger partial charge in [-0.05, 0) is 18.4 Å². The number of fused-ring (bicyclic) bond motifs is 3. The monoisotopic (exact) mass is 251 g/mol. The highest BCUT2D eigenvalue weighted by molar-refractivity contribution is 6.06. The summed E-state index contributed by atoms with van der Waals surface area (Å²) < 4.78 is 4.99. The van der Waals surface area contributed by atoms with Crippen LogP contribution >= 0.6 is 0 Å². The Bertz CT molecular complexity index is 765. The molecule has 3 aromatic rings. The van der Waals surface area contributed by atoms with E-state index in [2.05, 4.69) is 11.1 Å². The lowest BCUT2D eigenvalue weighted by atomic mass is 10.1. The van der Waals surface area contributed by atoms with Gasteiger partial charge in [-0.15, -0.1) is 0 Å². The van der Waals surface area contributed by atoms with Gasteiger partial charge in [0, 0.05) is 17.0 Å². The Morgan fingerprint density at radius 1 is 1.16 bits per heavy atom. The zero-order valence-corrected chi connectivity index (χ0v) is 10.6. The maximum absolute atomic E-state index is 11.7. The Labute approximate surface area is 110 Å². The first-order valence-corrected chi connectivity index (χ1v) is 6.24. The Kier molecular flexibility index (Phi) is 2.88. The zero-order valence-electron chi connectivity index (χ0n) is 10.6. The number of carbonyl (C=O) groups excluding carboxylic acids is 1. The van der Waals surface area contributed by atoms with Crippen LogP contribution in [0.25, 0.3) is 21.7 Å². The van der Waals surface area contributed by atoms with Crippen LogP contribution < -0.4 is 0 Å². The summed E-state index contributed by atoms with van der Waals surface area (Å²) in [6.45, 7) is 2.16. The number of esters is 1. The maximum Gasteiger partial charge on any atom is 0.339 e. The van der Waals surface area contributed by atoms with Gasteiger partial charge in [0.05, 0.1) is 17.7 Å². The number of rotatable bonds is 2. The molecule has 0 aliphatic carbocycles. The third kappa shape index (κ3) is 2.03. The summed E-state index contributed by atoms with van der Waals surface area (Å²) in [4.78, 5) is 16.1. The smallest absolute Gasteiger partial charge is 0.339 e. The molecule has 2 aromatic carbocycles. The van der Waals surface area contributed by atoms with Crippen molar-refractivity contribution in [2.45, 2.75) is 6.92 Å². The van der Waals surface area contributed by atoms with Gasteiger partial charge in [0.2, 0.25) is 0 Å².